The van der Waals surface area contributed by atoms with Crippen LogP contribution in [0.5, 0.6) is 0 Å². The van der Waals surface area contributed by atoms with Crippen molar-refractivity contribution in [1.29, 1.82) is 0 Å². The maximum atomic E-state index is 11.3. The molecule has 4 heteroatoms. The summed E-state index contributed by atoms with van der Waals surface area (Å²) in [5.41, 5.74) is 0. The van der Waals surface area contributed by atoms with Crippen molar-refractivity contribution in [3.8, 4) is 0 Å². The normalized spacial score (nSPS) is 27.5. The highest BCUT2D eigenvalue weighted by Gasteiger charge is 2.22. The summed E-state index contributed by atoms with van der Waals surface area (Å²) in [6.45, 7) is 1.91. The van der Waals surface area contributed by atoms with Gasteiger partial charge >= 0.3 is 0 Å². The molecule has 1 unspecified atom stereocenters. The van der Waals surface area contributed by atoms with Crippen molar-refractivity contribution in [3.05, 3.63) is 0 Å². The van der Waals surface area contributed by atoms with E-state index in [-0.39, 0.29) is 11.9 Å². The Morgan fingerprint density at radius 2 is 2.15 bits per heavy atom. The molecule has 0 bridgehead atoms. The first kappa shape index (κ1) is 8.97. The highest BCUT2D eigenvalue weighted by Crippen LogP contribution is 2.17. The molecule has 0 aromatic rings. The molecule has 13 heavy (non-hydrogen) atoms. The van der Waals surface area contributed by atoms with Gasteiger partial charge in [0.25, 0.3) is 0 Å². The maximum absolute atomic E-state index is 11.3. The second-order valence-electron chi connectivity index (χ2n) is 3.78. The number of carbonyl (C=O) groups is 1. The fourth-order valence-corrected chi connectivity index (χ4v) is 1.45. The number of hydrogen-bond donors (Lipinski definition) is 2. The molecule has 1 saturated heterocycles. The molecule has 2 N–H and O–H groups in total. The van der Waals surface area contributed by atoms with Gasteiger partial charge in [0.15, 0.2) is 0 Å². The monoisotopic (exact) mass is 184 g/mol. The zero-order chi connectivity index (χ0) is 9.10. The third kappa shape index (κ3) is 2.97. The predicted octanol–water partition coefficient (Wildman–Crippen LogP) is -0.356. The summed E-state index contributed by atoms with van der Waals surface area (Å²) >= 11 is 0. The Labute approximate surface area is 78.0 Å². The van der Waals surface area contributed by atoms with Gasteiger partial charge in [0, 0.05) is 12.6 Å². The van der Waals surface area contributed by atoms with Gasteiger partial charge in [-0.15, -0.1) is 0 Å². The Kier molecular flexibility index (Phi) is 2.80. The molecule has 2 fully saturated rings. The van der Waals surface area contributed by atoms with Gasteiger partial charge in [-0.1, -0.05) is 0 Å². The van der Waals surface area contributed by atoms with E-state index < -0.39 is 0 Å². The Balaban J connectivity index is 1.59. The van der Waals surface area contributed by atoms with Crippen LogP contribution in [0.15, 0.2) is 0 Å². The highest BCUT2D eigenvalue weighted by molar-refractivity contribution is 5.78. The molecule has 0 aromatic heterocycles. The van der Waals surface area contributed by atoms with Crippen molar-refractivity contribution >= 4 is 5.91 Å². The van der Waals surface area contributed by atoms with E-state index in [9.17, 15) is 4.79 Å². The Morgan fingerprint density at radius 3 is 2.77 bits per heavy atom. The van der Waals surface area contributed by atoms with Crippen LogP contribution in [0.4, 0.5) is 0 Å². The van der Waals surface area contributed by atoms with Crippen molar-refractivity contribution in [2.24, 2.45) is 0 Å². The lowest BCUT2D eigenvalue weighted by molar-refractivity contribution is -0.121. The van der Waals surface area contributed by atoms with E-state index in [0.29, 0.717) is 19.2 Å². The molecule has 4 nitrogen and oxygen atoms in total. The molecule has 1 atom stereocenters. The first-order valence-electron chi connectivity index (χ1n) is 4.95. The number of carbonyl (C=O) groups excluding carboxylic acids is 1. The van der Waals surface area contributed by atoms with Crippen molar-refractivity contribution in [3.63, 3.8) is 0 Å². The van der Waals surface area contributed by atoms with Gasteiger partial charge in [-0.2, -0.15) is 0 Å². The Bertz CT molecular complexity index is 186. The molecule has 0 spiro atoms. The molecule has 2 rings (SSSR count). The van der Waals surface area contributed by atoms with Crippen LogP contribution in [-0.4, -0.2) is 37.7 Å². The van der Waals surface area contributed by atoms with E-state index in [1.807, 2.05) is 0 Å². The van der Waals surface area contributed by atoms with Gasteiger partial charge in [-0.25, -0.2) is 0 Å². The average Bonchev–Trinajstić information content (AvgIpc) is 2.82. The van der Waals surface area contributed by atoms with Crippen LogP contribution in [0.3, 0.4) is 0 Å². The van der Waals surface area contributed by atoms with E-state index in [1.165, 1.54) is 12.8 Å². The van der Waals surface area contributed by atoms with Crippen LogP contribution >= 0.6 is 0 Å². The van der Waals surface area contributed by atoms with Gasteiger partial charge in [0.1, 0.15) is 0 Å². The second kappa shape index (κ2) is 4.07. The van der Waals surface area contributed by atoms with E-state index >= 15 is 0 Å². The first-order valence-corrected chi connectivity index (χ1v) is 4.95. The standard InChI is InChI=1S/C9H16N2O2/c12-9(5-10-7-1-2-7)11-8-3-4-13-6-8/h7-8,10H,1-6H2,(H,11,12). The van der Waals surface area contributed by atoms with Crippen molar-refractivity contribution in [1.82, 2.24) is 10.6 Å². The van der Waals surface area contributed by atoms with Crippen molar-refractivity contribution in [2.45, 2.75) is 31.3 Å². The maximum Gasteiger partial charge on any atom is 0.234 e. The molecule has 2 aliphatic rings. The van der Waals surface area contributed by atoms with Crippen LogP contribution in [-0.2, 0) is 9.53 Å². The molecule has 0 radical (unpaired) electrons. The van der Waals surface area contributed by atoms with Gasteiger partial charge in [-0.05, 0) is 19.3 Å². The first-order chi connectivity index (χ1) is 6.34. The molecule has 74 valence electrons. The predicted molar refractivity (Wildman–Crippen MR) is 48.4 cm³/mol. The smallest absolute Gasteiger partial charge is 0.234 e. The zero-order valence-electron chi connectivity index (χ0n) is 7.71. The Hall–Kier alpha value is -0.610. The summed E-state index contributed by atoms with van der Waals surface area (Å²) in [6, 6.07) is 0.846. The number of nitrogens with one attached hydrogen (secondary N) is 2. The number of amides is 1. The quantitative estimate of drug-likeness (QED) is 0.627. The van der Waals surface area contributed by atoms with Gasteiger partial charge in [-0.3, -0.25) is 4.79 Å². The zero-order valence-corrected chi connectivity index (χ0v) is 7.71. The van der Waals surface area contributed by atoms with Gasteiger partial charge < -0.3 is 15.4 Å². The molecule has 1 aliphatic heterocycles. The summed E-state index contributed by atoms with van der Waals surface area (Å²) in [4.78, 5) is 11.3. The lowest BCUT2D eigenvalue weighted by Crippen LogP contribution is -2.41. The number of rotatable bonds is 4. The Morgan fingerprint density at radius 1 is 1.31 bits per heavy atom. The molecule has 1 amide bonds. The number of ether oxygens (including phenoxy) is 1. The average molecular weight is 184 g/mol. The third-order valence-corrected chi connectivity index (χ3v) is 2.42. The van der Waals surface area contributed by atoms with Crippen molar-refractivity contribution < 1.29 is 9.53 Å². The molecule has 0 aromatic carbocycles. The molecular formula is C9H16N2O2. The summed E-state index contributed by atoms with van der Waals surface area (Å²) in [7, 11) is 0. The summed E-state index contributed by atoms with van der Waals surface area (Å²) in [6.07, 6.45) is 3.40. The second-order valence-corrected chi connectivity index (χ2v) is 3.78. The van der Waals surface area contributed by atoms with Crippen LogP contribution < -0.4 is 10.6 Å². The van der Waals surface area contributed by atoms with Crippen LogP contribution in [0, 0.1) is 0 Å². The lowest BCUT2D eigenvalue weighted by atomic mass is 10.2. The summed E-state index contributed by atoms with van der Waals surface area (Å²) in [5.74, 6) is 0.0994. The topological polar surface area (TPSA) is 50.4 Å². The van der Waals surface area contributed by atoms with Gasteiger partial charge in [0.05, 0.1) is 19.2 Å². The number of hydrogen-bond acceptors (Lipinski definition) is 3. The molecule has 1 heterocycles. The minimum atomic E-state index is 0.0994. The molecular weight excluding hydrogens is 168 g/mol. The van der Waals surface area contributed by atoms with Crippen LogP contribution in [0.2, 0.25) is 0 Å². The molecule has 1 saturated carbocycles. The highest BCUT2D eigenvalue weighted by atomic mass is 16.5. The molecule has 1 aliphatic carbocycles. The largest absolute Gasteiger partial charge is 0.379 e. The van der Waals surface area contributed by atoms with E-state index in [0.717, 1.165) is 13.0 Å². The van der Waals surface area contributed by atoms with E-state index in [1.54, 1.807) is 0 Å². The van der Waals surface area contributed by atoms with Gasteiger partial charge in [0.2, 0.25) is 5.91 Å². The van der Waals surface area contributed by atoms with Crippen LogP contribution in [0.25, 0.3) is 0 Å². The fourth-order valence-electron chi connectivity index (χ4n) is 1.45. The third-order valence-electron chi connectivity index (χ3n) is 2.42. The minimum Gasteiger partial charge on any atom is -0.379 e. The minimum absolute atomic E-state index is 0.0994. The fraction of sp³-hybridized carbons (Fsp3) is 0.889. The van der Waals surface area contributed by atoms with E-state index in [4.69, 9.17) is 4.74 Å². The summed E-state index contributed by atoms with van der Waals surface area (Å²) < 4.78 is 5.16. The summed E-state index contributed by atoms with van der Waals surface area (Å²) in [5, 5.41) is 6.11. The van der Waals surface area contributed by atoms with Crippen molar-refractivity contribution in [2.75, 3.05) is 19.8 Å². The lowest BCUT2D eigenvalue weighted by Gasteiger charge is -2.10. The van der Waals surface area contributed by atoms with Crippen LogP contribution in [0.1, 0.15) is 19.3 Å². The SMILES string of the molecule is O=C(CNC1CC1)NC1CCOC1. The van der Waals surface area contributed by atoms with E-state index in [2.05, 4.69) is 10.6 Å².